The Bertz CT molecular complexity index is 777. The van der Waals surface area contributed by atoms with Crippen LogP contribution in [0.3, 0.4) is 0 Å². The van der Waals surface area contributed by atoms with Crippen molar-refractivity contribution in [3.63, 3.8) is 0 Å². The molecule has 0 aromatic carbocycles. The molecule has 0 N–H and O–H groups in total. The van der Waals surface area contributed by atoms with Gasteiger partial charge in [0, 0.05) is 31.0 Å². The molecule has 24 heavy (non-hydrogen) atoms. The van der Waals surface area contributed by atoms with Crippen molar-refractivity contribution in [3.05, 3.63) is 40.4 Å². The lowest BCUT2D eigenvalue weighted by molar-refractivity contribution is 0.0479. The molecule has 1 saturated heterocycles. The van der Waals surface area contributed by atoms with Gasteiger partial charge in [0.15, 0.2) is 0 Å². The van der Waals surface area contributed by atoms with Crippen LogP contribution in [0.4, 0.5) is 5.82 Å². The van der Waals surface area contributed by atoms with E-state index in [-0.39, 0.29) is 5.76 Å². The van der Waals surface area contributed by atoms with E-state index in [0.717, 1.165) is 24.5 Å². The highest BCUT2D eigenvalue weighted by Gasteiger charge is 2.52. The molecule has 4 rings (SSSR count). The molecule has 0 radical (unpaired) electrons. The van der Waals surface area contributed by atoms with Crippen LogP contribution in [0, 0.1) is 5.41 Å². The number of rotatable bonds is 5. The normalized spacial score (nSPS) is 17.7. The Kier molecular flexibility index (Phi) is 3.72. The molecule has 126 valence electrons. The summed E-state index contributed by atoms with van der Waals surface area (Å²) in [7, 11) is 0. The number of ether oxygens (including phenoxy) is 1. The van der Waals surface area contributed by atoms with E-state index in [1.54, 1.807) is 13.0 Å². The molecule has 3 heterocycles. The molecule has 1 saturated carbocycles. The van der Waals surface area contributed by atoms with E-state index in [0.29, 0.717) is 29.3 Å². The van der Waals surface area contributed by atoms with Crippen LogP contribution in [0.25, 0.3) is 0 Å². The zero-order valence-corrected chi connectivity index (χ0v) is 14.2. The Labute approximate surface area is 144 Å². The van der Waals surface area contributed by atoms with Crippen LogP contribution in [0.15, 0.2) is 22.7 Å². The van der Waals surface area contributed by atoms with E-state index in [1.165, 1.54) is 12.8 Å². The fourth-order valence-corrected chi connectivity index (χ4v) is 3.29. The van der Waals surface area contributed by atoms with E-state index in [4.69, 9.17) is 20.9 Å². The molecule has 1 aliphatic heterocycles. The maximum Gasteiger partial charge on any atom is 0.377 e. The number of pyridine rings is 1. The molecular weight excluding hydrogens is 330 g/mol. The van der Waals surface area contributed by atoms with Gasteiger partial charge in [0.25, 0.3) is 0 Å². The predicted molar refractivity (Wildman–Crippen MR) is 88.4 cm³/mol. The molecule has 2 aromatic heterocycles. The average Bonchev–Trinajstić information content (AvgIpc) is 3.20. The Morgan fingerprint density at radius 3 is 2.88 bits per heavy atom. The van der Waals surface area contributed by atoms with Crippen molar-refractivity contribution in [2.24, 2.45) is 5.41 Å². The van der Waals surface area contributed by atoms with Gasteiger partial charge in [0.05, 0.1) is 12.3 Å². The molecule has 7 heteroatoms. The van der Waals surface area contributed by atoms with Gasteiger partial charge in [-0.05, 0) is 31.4 Å². The number of esters is 1. The molecule has 2 aliphatic rings. The second-order valence-corrected chi connectivity index (χ2v) is 6.91. The van der Waals surface area contributed by atoms with Crippen LogP contribution in [0.2, 0.25) is 5.15 Å². The summed E-state index contributed by atoms with van der Waals surface area (Å²) in [5.74, 6) is 0.513. The summed E-state index contributed by atoms with van der Waals surface area (Å²) in [5.41, 5.74) is 2.05. The van der Waals surface area contributed by atoms with E-state index in [9.17, 15) is 4.79 Å². The SMILES string of the molecule is CCOC(=O)c1cc(Cc2ccc(N3CC4(CC4)C3)nc2Cl)no1. The minimum absolute atomic E-state index is 0.0999. The molecule has 1 spiro atoms. The van der Waals surface area contributed by atoms with E-state index in [1.807, 2.05) is 12.1 Å². The van der Waals surface area contributed by atoms with Gasteiger partial charge < -0.3 is 14.2 Å². The summed E-state index contributed by atoms with van der Waals surface area (Å²) in [5, 5.41) is 4.36. The summed E-state index contributed by atoms with van der Waals surface area (Å²) < 4.78 is 9.89. The quantitative estimate of drug-likeness (QED) is 0.611. The highest BCUT2D eigenvalue weighted by molar-refractivity contribution is 6.30. The Hall–Kier alpha value is -2.08. The van der Waals surface area contributed by atoms with Gasteiger partial charge in [-0.3, -0.25) is 0 Å². The van der Waals surface area contributed by atoms with Crippen molar-refractivity contribution < 1.29 is 14.1 Å². The average molecular weight is 348 g/mol. The number of halogens is 1. The first-order chi connectivity index (χ1) is 11.6. The van der Waals surface area contributed by atoms with Crippen molar-refractivity contribution in [2.45, 2.75) is 26.2 Å². The summed E-state index contributed by atoms with van der Waals surface area (Å²) in [4.78, 5) is 18.4. The van der Waals surface area contributed by atoms with E-state index >= 15 is 0 Å². The molecule has 0 atom stereocenters. The van der Waals surface area contributed by atoms with Gasteiger partial charge in [-0.2, -0.15) is 0 Å². The smallest absolute Gasteiger partial charge is 0.377 e. The Morgan fingerprint density at radius 2 is 2.21 bits per heavy atom. The van der Waals surface area contributed by atoms with Gasteiger partial charge in [0.1, 0.15) is 11.0 Å². The largest absolute Gasteiger partial charge is 0.460 e. The molecule has 2 aromatic rings. The lowest BCUT2D eigenvalue weighted by atomic mass is 9.97. The molecule has 6 nitrogen and oxygen atoms in total. The van der Waals surface area contributed by atoms with Crippen LogP contribution in [0.1, 0.15) is 41.6 Å². The third-order valence-corrected chi connectivity index (χ3v) is 4.98. The monoisotopic (exact) mass is 347 g/mol. The van der Waals surface area contributed by atoms with Crippen LogP contribution in [0.5, 0.6) is 0 Å². The van der Waals surface area contributed by atoms with Crippen LogP contribution >= 0.6 is 11.6 Å². The molecular formula is C17H18ClN3O3. The van der Waals surface area contributed by atoms with Gasteiger partial charge in [-0.25, -0.2) is 9.78 Å². The summed E-state index contributed by atoms with van der Waals surface area (Å²) in [6.45, 7) is 4.21. The lowest BCUT2D eigenvalue weighted by Gasteiger charge is -2.41. The van der Waals surface area contributed by atoms with Crippen LogP contribution in [-0.2, 0) is 11.2 Å². The first-order valence-electron chi connectivity index (χ1n) is 8.12. The maximum atomic E-state index is 11.6. The standard InChI is InChI=1S/C17H18ClN3O3/c1-2-23-16(22)13-8-12(20-24-13)7-11-3-4-14(19-15(11)18)21-9-17(10-21)5-6-17/h3-4,8H,2,5-7,9-10H2,1H3. The topological polar surface area (TPSA) is 68.5 Å². The molecule has 0 bridgehead atoms. The molecule has 2 fully saturated rings. The van der Waals surface area contributed by atoms with E-state index < -0.39 is 5.97 Å². The summed E-state index contributed by atoms with van der Waals surface area (Å²) >= 11 is 6.32. The van der Waals surface area contributed by atoms with E-state index in [2.05, 4.69) is 15.0 Å². The zero-order valence-electron chi connectivity index (χ0n) is 13.4. The number of carbonyl (C=O) groups is 1. The fourth-order valence-electron chi connectivity index (χ4n) is 3.07. The zero-order chi connectivity index (χ0) is 16.7. The highest BCUT2D eigenvalue weighted by Crippen LogP contribution is 2.53. The summed E-state index contributed by atoms with van der Waals surface area (Å²) in [6, 6.07) is 5.53. The van der Waals surface area contributed by atoms with Crippen LogP contribution < -0.4 is 4.90 Å². The van der Waals surface area contributed by atoms with Crippen LogP contribution in [-0.4, -0.2) is 35.8 Å². The van der Waals surface area contributed by atoms with Crippen molar-refractivity contribution in [3.8, 4) is 0 Å². The highest BCUT2D eigenvalue weighted by atomic mass is 35.5. The number of anilines is 1. The molecule has 1 aliphatic carbocycles. The molecule has 0 unspecified atom stereocenters. The second kappa shape index (κ2) is 5.77. The van der Waals surface area contributed by atoms with Crippen molar-refractivity contribution in [1.29, 1.82) is 0 Å². The third kappa shape index (κ3) is 2.86. The van der Waals surface area contributed by atoms with Gasteiger partial charge >= 0.3 is 5.97 Å². The number of nitrogens with zero attached hydrogens (tertiary/aromatic N) is 3. The number of aromatic nitrogens is 2. The predicted octanol–water partition coefficient (Wildman–Crippen LogP) is 3.09. The maximum absolute atomic E-state index is 11.6. The lowest BCUT2D eigenvalue weighted by Crippen LogP contribution is -2.48. The van der Waals surface area contributed by atoms with Crippen molar-refractivity contribution in [1.82, 2.24) is 10.1 Å². The first kappa shape index (κ1) is 15.4. The van der Waals surface area contributed by atoms with Crippen molar-refractivity contribution in [2.75, 3.05) is 24.6 Å². The fraction of sp³-hybridized carbons (Fsp3) is 0.471. The minimum atomic E-state index is -0.511. The third-order valence-electron chi connectivity index (χ3n) is 4.65. The van der Waals surface area contributed by atoms with Crippen molar-refractivity contribution >= 4 is 23.4 Å². The Balaban J connectivity index is 1.44. The first-order valence-corrected chi connectivity index (χ1v) is 8.49. The number of carbonyl (C=O) groups excluding carboxylic acids is 1. The Morgan fingerprint density at radius 1 is 1.42 bits per heavy atom. The summed E-state index contributed by atoms with van der Waals surface area (Å²) in [6.07, 6.45) is 3.13. The number of hydrogen-bond acceptors (Lipinski definition) is 6. The van der Waals surface area contributed by atoms with Gasteiger partial charge in [-0.15, -0.1) is 0 Å². The number of hydrogen-bond donors (Lipinski definition) is 0. The molecule has 0 amide bonds. The second-order valence-electron chi connectivity index (χ2n) is 6.56. The minimum Gasteiger partial charge on any atom is -0.460 e. The van der Waals surface area contributed by atoms with Gasteiger partial charge in [-0.1, -0.05) is 22.8 Å². The van der Waals surface area contributed by atoms with Gasteiger partial charge in [0.2, 0.25) is 5.76 Å².